The second kappa shape index (κ2) is 7.03. The molecule has 3 N–H and O–H groups in total. The van der Waals surface area contributed by atoms with Crippen LogP contribution in [0.2, 0.25) is 0 Å². The Morgan fingerprint density at radius 3 is 1.59 bits per heavy atom. The number of benzene rings is 1. The third-order valence-corrected chi connectivity index (χ3v) is 3.19. The second-order valence-corrected chi connectivity index (χ2v) is 6.75. The van der Waals surface area contributed by atoms with Crippen molar-refractivity contribution >= 4 is 12.4 Å². The molecule has 122 valence electrons. The molecule has 1 aromatic rings. The van der Waals surface area contributed by atoms with Crippen LogP contribution in [0.15, 0.2) is 22.1 Å². The number of phenols is 1. The largest absolute Gasteiger partial charge is 0.507 e. The molecule has 5 nitrogen and oxygen atoms in total. The summed E-state index contributed by atoms with van der Waals surface area (Å²) in [7, 11) is 0. The van der Waals surface area contributed by atoms with E-state index in [9.17, 15) is 15.3 Å². The van der Waals surface area contributed by atoms with E-state index in [1.54, 1.807) is 12.4 Å². The number of hydrogen-bond donors (Lipinski definition) is 3. The summed E-state index contributed by atoms with van der Waals surface area (Å²) < 4.78 is 0. The van der Waals surface area contributed by atoms with Crippen LogP contribution in [0.3, 0.4) is 0 Å². The Bertz CT molecular complexity index is 528. The first-order chi connectivity index (χ1) is 10.1. The number of nitrogens with zero attached hydrogens (tertiary/aromatic N) is 2. The van der Waals surface area contributed by atoms with Crippen molar-refractivity contribution in [2.45, 2.75) is 45.7 Å². The third-order valence-electron chi connectivity index (χ3n) is 3.19. The first-order valence-electron chi connectivity index (χ1n) is 7.26. The summed E-state index contributed by atoms with van der Waals surface area (Å²) in [5.74, 6) is 0.0839. The highest BCUT2D eigenvalue weighted by Crippen LogP contribution is 2.23. The normalized spacial score (nSPS) is 13.4. The number of phenolic OH excluding ortho intramolecular Hbond substituents is 1. The molecule has 22 heavy (non-hydrogen) atoms. The maximum absolute atomic E-state index is 10.3. The highest BCUT2D eigenvalue weighted by atomic mass is 16.3. The maximum atomic E-state index is 10.3. The van der Waals surface area contributed by atoms with E-state index >= 15 is 0 Å². The van der Waals surface area contributed by atoms with Gasteiger partial charge < -0.3 is 15.3 Å². The first kappa shape index (κ1) is 18.3. The Kier molecular flexibility index (Phi) is 5.85. The van der Waals surface area contributed by atoms with Crippen molar-refractivity contribution < 1.29 is 15.3 Å². The van der Waals surface area contributed by atoms with Gasteiger partial charge in [-0.3, -0.25) is 9.98 Å². The van der Waals surface area contributed by atoms with E-state index in [1.165, 1.54) is 0 Å². The van der Waals surface area contributed by atoms with Gasteiger partial charge in [0.1, 0.15) is 5.75 Å². The molecule has 1 rings (SSSR count). The molecule has 0 heterocycles. The van der Waals surface area contributed by atoms with E-state index in [1.807, 2.05) is 46.8 Å². The zero-order chi connectivity index (χ0) is 17.0. The summed E-state index contributed by atoms with van der Waals surface area (Å²) in [5, 5.41) is 28.8. The summed E-state index contributed by atoms with van der Waals surface area (Å²) in [5.41, 5.74) is 0.922. The standard InChI is InChI=1S/C17H26N2O3/c1-12-6-13(8-18-16(2,3)10-20)15(22)14(7-12)9-19-17(4,5)11-21/h6-9,20-22H,10-11H2,1-5H3. The van der Waals surface area contributed by atoms with Crippen molar-refractivity contribution in [2.75, 3.05) is 13.2 Å². The predicted molar refractivity (Wildman–Crippen MR) is 90.4 cm³/mol. The summed E-state index contributed by atoms with van der Waals surface area (Å²) in [6.45, 7) is 9.00. The van der Waals surface area contributed by atoms with E-state index in [0.29, 0.717) is 11.1 Å². The number of aryl methyl sites for hydroxylation is 1. The zero-order valence-corrected chi connectivity index (χ0v) is 14.0. The lowest BCUT2D eigenvalue weighted by atomic mass is 10.0. The molecule has 0 bridgehead atoms. The number of hydrogen-bond acceptors (Lipinski definition) is 5. The molecule has 0 spiro atoms. The van der Waals surface area contributed by atoms with Crippen LogP contribution in [0.5, 0.6) is 5.75 Å². The van der Waals surface area contributed by atoms with Gasteiger partial charge in [0.15, 0.2) is 0 Å². The van der Waals surface area contributed by atoms with Gasteiger partial charge in [-0.25, -0.2) is 0 Å². The Balaban J connectivity index is 3.18. The fourth-order valence-electron chi connectivity index (χ4n) is 1.60. The molecule has 0 aliphatic carbocycles. The quantitative estimate of drug-likeness (QED) is 0.703. The molecule has 5 heteroatoms. The lowest BCUT2D eigenvalue weighted by Gasteiger charge is -2.16. The smallest absolute Gasteiger partial charge is 0.133 e. The minimum Gasteiger partial charge on any atom is -0.507 e. The highest BCUT2D eigenvalue weighted by Gasteiger charge is 2.15. The number of aliphatic hydroxyl groups is 2. The van der Waals surface area contributed by atoms with Gasteiger partial charge in [0.05, 0.1) is 24.3 Å². The van der Waals surface area contributed by atoms with Crippen molar-refractivity contribution in [1.82, 2.24) is 0 Å². The molecule has 0 fully saturated rings. The molecule has 0 unspecified atom stereocenters. The van der Waals surface area contributed by atoms with Gasteiger partial charge in [0.2, 0.25) is 0 Å². The van der Waals surface area contributed by atoms with Gasteiger partial charge in [0, 0.05) is 23.6 Å². The van der Waals surface area contributed by atoms with Gasteiger partial charge in [-0.1, -0.05) is 0 Å². The van der Waals surface area contributed by atoms with Crippen LogP contribution < -0.4 is 0 Å². The average Bonchev–Trinajstić information content (AvgIpc) is 2.46. The first-order valence-corrected chi connectivity index (χ1v) is 7.26. The molecule has 0 saturated carbocycles. The Morgan fingerprint density at radius 2 is 1.27 bits per heavy atom. The molecule has 0 aliphatic rings. The van der Waals surface area contributed by atoms with Crippen molar-refractivity contribution in [3.63, 3.8) is 0 Å². The van der Waals surface area contributed by atoms with Crippen molar-refractivity contribution in [3.8, 4) is 5.75 Å². The van der Waals surface area contributed by atoms with E-state index in [0.717, 1.165) is 5.56 Å². The highest BCUT2D eigenvalue weighted by molar-refractivity contribution is 5.92. The molecular formula is C17H26N2O3. The number of aliphatic imine (C=N–C) groups is 2. The van der Waals surface area contributed by atoms with E-state index in [4.69, 9.17) is 0 Å². The van der Waals surface area contributed by atoms with Gasteiger partial charge in [-0.2, -0.15) is 0 Å². The fourth-order valence-corrected chi connectivity index (χ4v) is 1.60. The molecule has 0 aromatic heterocycles. The molecule has 0 amide bonds. The lowest BCUT2D eigenvalue weighted by Crippen LogP contribution is -2.22. The van der Waals surface area contributed by atoms with Crippen molar-refractivity contribution in [2.24, 2.45) is 9.98 Å². The molecule has 0 aliphatic heterocycles. The fraction of sp³-hybridized carbons (Fsp3) is 0.529. The van der Waals surface area contributed by atoms with Crippen molar-refractivity contribution in [3.05, 3.63) is 28.8 Å². The van der Waals surface area contributed by atoms with Crippen LogP contribution in [0.1, 0.15) is 44.4 Å². The Hall–Kier alpha value is -1.72. The maximum Gasteiger partial charge on any atom is 0.133 e. The van der Waals surface area contributed by atoms with Gasteiger partial charge in [-0.15, -0.1) is 0 Å². The van der Waals surface area contributed by atoms with Crippen LogP contribution in [-0.4, -0.2) is 52.0 Å². The van der Waals surface area contributed by atoms with Gasteiger partial charge in [-0.05, 0) is 52.3 Å². The minimum absolute atomic E-state index is 0.0743. The summed E-state index contributed by atoms with van der Waals surface area (Å²) >= 11 is 0. The van der Waals surface area contributed by atoms with Crippen LogP contribution in [0, 0.1) is 6.92 Å². The second-order valence-electron chi connectivity index (χ2n) is 6.75. The Morgan fingerprint density at radius 1 is 0.909 bits per heavy atom. The molecule has 0 atom stereocenters. The number of aliphatic hydroxyl groups excluding tert-OH is 2. The lowest BCUT2D eigenvalue weighted by molar-refractivity contribution is 0.223. The molecule has 0 radical (unpaired) electrons. The SMILES string of the molecule is Cc1cc(C=NC(C)(C)CO)c(O)c(C=NC(C)(C)CO)c1. The number of aromatic hydroxyl groups is 1. The van der Waals surface area contributed by atoms with E-state index < -0.39 is 11.1 Å². The van der Waals surface area contributed by atoms with Crippen molar-refractivity contribution in [1.29, 1.82) is 0 Å². The third kappa shape index (κ3) is 5.24. The summed E-state index contributed by atoms with van der Waals surface area (Å²) in [6, 6.07) is 3.64. The monoisotopic (exact) mass is 306 g/mol. The van der Waals surface area contributed by atoms with Crippen LogP contribution in [-0.2, 0) is 0 Å². The number of rotatable bonds is 6. The van der Waals surface area contributed by atoms with Gasteiger partial charge in [0.25, 0.3) is 0 Å². The molecule has 1 aromatic carbocycles. The van der Waals surface area contributed by atoms with Crippen LogP contribution in [0.25, 0.3) is 0 Å². The minimum atomic E-state index is -0.594. The van der Waals surface area contributed by atoms with E-state index in [2.05, 4.69) is 9.98 Å². The zero-order valence-electron chi connectivity index (χ0n) is 14.0. The topological polar surface area (TPSA) is 85.4 Å². The van der Waals surface area contributed by atoms with E-state index in [-0.39, 0.29) is 19.0 Å². The average molecular weight is 306 g/mol. The summed E-state index contributed by atoms with van der Waals surface area (Å²) in [4.78, 5) is 8.59. The van der Waals surface area contributed by atoms with Crippen LogP contribution >= 0.6 is 0 Å². The van der Waals surface area contributed by atoms with Crippen LogP contribution in [0.4, 0.5) is 0 Å². The predicted octanol–water partition coefficient (Wildman–Crippen LogP) is 2.08. The molecule has 0 saturated heterocycles. The van der Waals surface area contributed by atoms with Gasteiger partial charge >= 0.3 is 0 Å². The summed E-state index contributed by atoms with van der Waals surface area (Å²) in [6.07, 6.45) is 3.13. The molecular weight excluding hydrogens is 280 g/mol. The Labute approximate surface area is 132 Å².